The van der Waals surface area contributed by atoms with Crippen LogP contribution in [0.3, 0.4) is 0 Å². The van der Waals surface area contributed by atoms with Crippen molar-refractivity contribution in [1.29, 1.82) is 0 Å². The molecular weight excluding hydrogens is 380 g/mol. The van der Waals surface area contributed by atoms with E-state index >= 15 is 0 Å². The van der Waals surface area contributed by atoms with Crippen molar-refractivity contribution in [2.45, 2.75) is 11.7 Å². The van der Waals surface area contributed by atoms with Crippen LogP contribution in [0.4, 0.5) is 8.78 Å². The normalized spacial score (nSPS) is 17.4. The molecule has 0 saturated carbocycles. The second-order valence-corrected chi connectivity index (χ2v) is 7.92. The Morgan fingerprint density at radius 2 is 2.00 bits per heavy atom. The summed E-state index contributed by atoms with van der Waals surface area (Å²) in [5.74, 6) is -0.226. The van der Waals surface area contributed by atoms with E-state index in [-0.39, 0.29) is 11.2 Å². The van der Waals surface area contributed by atoms with E-state index in [9.17, 15) is 13.6 Å². The third-order valence-electron chi connectivity index (χ3n) is 4.80. The van der Waals surface area contributed by atoms with Crippen LogP contribution in [-0.4, -0.2) is 39.4 Å². The molecule has 1 atom stereocenters. The molecule has 0 N–H and O–H groups in total. The molecule has 1 amide bonds. The van der Waals surface area contributed by atoms with Crippen molar-refractivity contribution >= 4 is 17.7 Å². The van der Waals surface area contributed by atoms with Gasteiger partial charge in [-0.15, -0.1) is 0 Å². The maximum atomic E-state index is 14.1. The first kappa shape index (κ1) is 18.7. The van der Waals surface area contributed by atoms with Gasteiger partial charge in [0, 0.05) is 47.6 Å². The molecule has 4 nitrogen and oxygen atoms in total. The van der Waals surface area contributed by atoms with Gasteiger partial charge in [0.05, 0.1) is 5.69 Å². The average molecular weight is 399 g/mol. The summed E-state index contributed by atoms with van der Waals surface area (Å²) < 4.78 is 29.4. The van der Waals surface area contributed by atoms with E-state index in [1.807, 2.05) is 30.5 Å². The van der Waals surface area contributed by atoms with Crippen LogP contribution < -0.4 is 0 Å². The lowest BCUT2D eigenvalue weighted by Crippen LogP contribution is -2.33. The summed E-state index contributed by atoms with van der Waals surface area (Å²) in [4.78, 5) is 14.8. The molecule has 0 spiro atoms. The summed E-state index contributed by atoms with van der Waals surface area (Å²) in [7, 11) is 0. The number of carbonyl (C=O) groups is 1. The number of aromatic nitrogens is 2. The van der Waals surface area contributed by atoms with Gasteiger partial charge in [-0.05, 0) is 48.9 Å². The molecule has 144 valence electrons. The summed E-state index contributed by atoms with van der Waals surface area (Å²) in [6.45, 7) is 1.07. The average Bonchev–Trinajstić information content (AvgIpc) is 3.15. The Labute approximate surface area is 166 Å². The van der Waals surface area contributed by atoms with Crippen LogP contribution in [0.2, 0.25) is 0 Å². The number of thioether (sulfide) groups is 1. The van der Waals surface area contributed by atoms with Crippen molar-refractivity contribution in [2.24, 2.45) is 0 Å². The number of hydrogen-bond donors (Lipinski definition) is 0. The van der Waals surface area contributed by atoms with Crippen LogP contribution >= 0.6 is 11.8 Å². The Morgan fingerprint density at radius 3 is 2.82 bits per heavy atom. The molecule has 28 heavy (non-hydrogen) atoms. The Kier molecular flexibility index (Phi) is 5.43. The van der Waals surface area contributed by atoms with E-state index in [2.05, 4.69) is 5.10 Å². The number of rotatable bonds is 3. The Hall–Kier alpha value is -2.67. The van der Waals surface area contributed by atoms with Crippen LogP contribution in [0, 0.1) is 11.6 Å². The highest BCUT2D eigenvalue weighted by molar-refractivity contribution is 7.99. The van der Waals surface area contributed by atoms with Gasteiger partial charge in [0.2, 0.25) is 0 Å². The zero-order chi connectivity index (χ0) is 19.5. The number of amides is 1. The van der Waals surface area contributed by atoms with Crippen LogP contribution in [-0.2, 0) is 0 Å². The van der Waals surface area contributed by atoms with Gasteiger partial charge in [-0.2, -0.15) is 16.9 Å². The van der Waals surface area contributed by atoms with Crippen molar-refractivity contribution in [1.82, 2.24) is 14.7 Å². The lowest BCUT2D eigenvalue weighted by atomic mass is 10.1. The largest absolute Gasteiger partial charge is 0.338 e. The van der Waals surface area contributed by atoms with Gasteiger partial charge in [-0.1, -0.05) is 6.07 Å². The fourth-order valence-corrected chi connectivity index (χ4v) is 4.61. The number of nitrogens with zero attached hydrogens (tertiary/aromatic N) is 3. The Morgan fingerprint density at radius 1 is 1.11 bits per heavy atom. The van der Waals surface area contributed by atoms with Gasteiger partial charge in [-0.25, -0.2) is 13.5 Å². The van der Waals surface area contributed by atoms with E-state index in [0.29, 0.717) is 36.4 Å². The minimum atomic E-state index is -0.440. The highest BCUT2D eigenvalue weighted by Crippen LogP contribution is 2.36. The van der Waals surface area contributed by atoms with E-state index in [4.69, 9.17) is 0 Å². The lowest BCUT2D eigenvalue weighted by Gasteiger charge is -2.21. The molecule has 7 heteroatoms. The molecule has 0 radical (unpaired) electrons. The molecule has 1 aliphatic rings. The topological polar surface area (TPSA) is 38.1 Å². The maximum Gasteiger partial charge on any atom is 0.253 e. The van der Waals surface area contributed by atoms with Crippen LogP contribution in [0.1, 0.15) is 27.6 Å². The van der Waals surface area contributed by atoms with Crippen LogP contribution in [0.25, 0.3) is 5.69 Å². The van der Waals surface area contributed by atoms with E-state index < -0.39 is 11.6 Å². The van der Waals surface area contributed by atoms with Gasteiger partial charge in [0.25, 0.3) is 5.91 Å². The SMILES string of the molecule is O=C(c1cccc(-n2cccn2)c1)N1CCSC(c2cc(F)ccc2F)CC1. The highest BCUT2D eigenvalue weighted by atomic mass is 32.2. The zero-order valence-corrected chi connectivity index (χ0v) is 15.9. The molecule has 1 unspecified atom stereocenters. The smallest absolute Gasteiger partial charge is 0.253 e. The number of hydrogen-bond acceptors (Lipinski definition) is 3. The second kappa shape index (κ2) is 8.14. The fraction of sp³-hybridized carbons (Fsp3) is 0.238. The number of carbonyl (C=O) groups excluding carboxylic acids is 1. The molecule has 1 saturated heterocycles. The summed E-state index contributed by atoms with van der Waals surface area (Å²) in [6.07, 6.45) is 4.09. The molecule has 1 aliphatic heterocycles. The molecule has 2 aromatic carbocycles. The summed E-state index contributed by atoms with van der Waals surface area (Å²) in [5, 5.41) is 4.03. The Bertz CT molecular complexity index is 978. The first-order chi connectivity index (χ1) is 13.6. The molecule has 0 bridgehead atoms. The van der Waals surface area contributed by atoms with Gasteiger partial charge in [0.15, 0.2) is 0 Å². The van der Waals surface area contributed by atoms with Crippen molar-refractivity contribution in [3.05, 3.63) is 83.7 Å². The third-order valence-corrected chi connectivity index (χ3v) is 6.11. The van der Waals surface area contributed by atoms with Gasteiger partial charge >= 0.3 is 0 Å². The molecule has 1 aromatic heterocycles. The van der Waals surface area contributed by atoms with Crippen molar-refractivity contribution in [2.75, 3.05) is 18.8 Å². The van der Waals surface area contributed by atoms with Crippen molar-refractivity contribution in [3.8, 4) is 5.69 Å². The highest BCUT2D eigenvalue weighted by Gasteiger charge is 2.25. The van der Waals surface area contributed by atoms with Crippen LogP contribution in [0.5, 0.6) is 0 Å². The molecule has 0 aliphatic carbocycles. The monoisotopic (exact) mass is 399 g/mol. The van der Waals surface area contributed by atoms with Crippen molar-refractivity contribution < 1.29 is 13.6 Å². The summed E-state index contributed by atoms with van der Waals surface area (Å²) >= 11 is 1.56. The molecular formula is C21H19F2N3OS. The van der Waals surface area contributed by atoms with Gasteiger partial charge in [0.1, 0.15) is 11.6 Å². The van der Waals surface area contributed by atoms with Crippen molar-refractivity contribution in [3.63, 3.8) is 0 Å². The maximum absolute atomic E-state index is 14.1. The zero-order valence-electron chi connectivity index (χ0n) is 15.1. The fourth-order valence-electron chi connectivity index (χ4n) is 3.37. The van der Waals surface area contributed by atoms with E-state index in [1.54, 1.807) is 33.6 Å². The molecule has 4 rings (SSSR count). The van der Waals surface area contributed by atoms with Gasteiger partial charge < -0.3 is 4.90 Å². The first-order valence-corrected chi connectivity index (χ1v) is 10.1. The molecule has 1 fully saturated rings. The Balaban J connectivity index is 1.49. The third kappa shape index (κ3) is 3.94. The predicted octanol–water partition coefficient (Wildman–Crippen LogP) is 4.47. The molecule has 3 aromatic rings. The minimum absolute atomic E-state index is 0.0602. The van der Waals surface area contributed by atoms with E-state index in [1.165, 1.54) is 12.1 Å². The second-order valence-electron chi connectivity index (χ2n) is 6.61. The summed E-state index contributed by atoms with van der Waals surface area (Å²) in [5.41, 5.74) is 1.79. The predicted molar refractivity (Wildman–Crippen MR) is 106 cm³/mol. The molecule has 2 heterocycles. The quantitative estimate of drug-likeness (QED) is 0.652. The number of benzene rings is 2. The lowest BCUT2D eigenvalue weighted by molar-refractivity contribution is 0.0766. The standard InChI is InChI=1S/C21H19F2N3OS/c22-16-5-6-19(23)18(14-16)20-7-10-25(11-12-28-20)21(27)15-3-1-4-17(13-15)26-9-2-8-24-26/h1-6,8-9,13-14,20H,7,10-12H2. The number of halogens is 2. The van der Waals surface area contributed by atoms with Crippen LogP contribution in [0.15, 0.2) is 60.9 Å². The minimum Gasteiger partial charge on any atom is -0.338 e. The first-order valence-electron chi connectivity index (χ1n) is 9.08. The van der Waals surface area contributed by atoms with E-state index in [0.717, 1.165) is 11.8 Å². The van der Waals surface area contributed by atoms with Gasteiger partial charge in [-0.3, -0.25) is 4.79 Å². The summed E-state index contributed by atoms with van der Waals surface area (Å²) in [6, 6.07) is 12.7.